The Labute approximate surface area is 151 Å². The van der Waals surface area contributed by atoms with Crippen LogP contribution in [0.1, 0.15) is 17.8 Å². The molecule has 1 fully saturated rings. The fraction of sp³-hybridized carbons (Fsp3) is 0.412. The van der Waals surface area contributed by atoms with E-state index in [1.807, 2.05) is 24.4 Å². The van der Waals surface area contributed by atoms with Crippen molar-refractivity contribution in [3.63, 3.8) is 0 Å². The summed E-state index contributed by atoms with van der Waals surface area (Å²) in [7, 11) is -3.72. The Morgan fingerprint density at radius 2 is 1.88 bits per heavy atom. The number of sulfonamides is 1. The van der Waals surface area contributed by atoms with Gasteiger partial charge in [0.1, 0.15) is 5.82 Å². The van der Waals surface area contributed by atoms with Crippen LogP contribution in [0.3, 0.4) is 0 Å². The van der Waals surface area contributed by atoms with Gasteiger partial charge in [0.25, 0.3) is 0 Å². The monoisotopic (exact) mass is 384 g/mol. The minimum atomic E-state index is -3.72. The molecule has 5 nitrogen and oxygen atoms in total. The van der Waals surface area contributed by atoms with Crippen molar-refractivity contribution in [2.75, 3.05) is 26.3 Å². The molecule has 0 bridgehead atoms. The fourth-order valence-electron chi connectivity index (χ4n) is 3.05. The number of nitrogens with zero attached hydrogens (tertiary/aromatic N) is 1. The van der Waals surface area contributed by atoms with Crippen LogP contribution in [-0.2, 0) is 14.8 Å². The molecular formula is C17H21FN2O3S2. The second-order valence-corrected chi connectivity index (χ2v) is 8.67. The Morgan fingerprint density at radius 1 is 1.20 bits per heavy atom. The number of nitrogens with one attached hydrogen (secondary N) is 1. The minimum absolute atomic E-state index is 0.0626. The summed E-state index contributed by atoms with van der Waals surface area (Å²) in [5, 5.41) is 1.99. The van der Waals surface area contributed by atoms with Gasteiger partial charge in [-0.25, -0.2) is 17.5 Å². The van der Waals surface area contributed by atoms with Crippen LogP contribution in [0, 0.1) is 5.82 Å². The highest BCUT2D eigenvalue weighted by Gasteiger charge is 2.31. The van der Waals surface area contributed by atoms with E-state index in [2.05, 4.69) is 9.62 Å². The average Bonchev–Trinajstić information content (AvgIpc) is 3.10. The van der Waals surface area contributed by atoms with Gasteiger partial charge in [-0.15, -0.1) is 11.3 Å². The van der Waals surface area contributed by atoms with Crippen molar-refractivity contribution in [1.29, 1.82) is 0 Å². The number of hydrogen-bond donors (Lipinski definition) is 1. The predicted molar refractivity (Wildman–Crippen MR) is 95.6 cm³/mol. The summed E-state index contributed by atoms with van der Waals surface area (Å²) in [4.78, 5) is 3.41. The maximum Gasteiger partial charge on any atom is 0.240 e. The van der Waals surface area contributed by atoms with Crippen molar-refractivity contribution < 1.29 is 17.5 Å². The van der Waals surface area contributed by atoms with Crippen molar-refractivity contribution in [3.05, 3.63) is 52.5 Å². The van der Waals surface area contributed by atoms with Crippen LogP contribution in [0.15, 0.2) is 46.7 Å². The lowest BCUT2D eigenvalue weighted by Crippen LogP contribution is -2.48. The Hall–Kier alpha value is -1.32. The highest BCUT2D eigenvalue weighted by Crippen LogP contribution is 2.29. The molecule has 0 unspecified atom stereocenters. The van der Waals surface area contributed by atoms with E-state index in [1.54, 1.807) is 11.3 Å². The maximum absolute atomic E-state index is 13.1. The predicted octanol–water partition coefficient (Wildman–Crippen LogP) is 2.63. The number of rotatable bonds is 6. The Balaban J connectivity index is 1.82. The molecule has 2 heterocycles. The molecule has 25 heavy (non-hydrogen) atoms. The van der Waals surface area contributed by atoms with E-state index < -0.39 is 15.8 Å². The summed E-state index contributed by atoms with van der Waals surface area (Å²) < 4.78 is 46.5. The topological polar surface area (TPSA) is 58.6 Å². The molecule has 0 aliphatic carbocycles. The summed E-state index contributed by atoms with van der Waals surface area (Å²) in [5.74, 6) is -0.461. The lowest BCUT2D eigenvalue weighted by molar-refractivity contribution is 0.0113. The van der Waals surface area contributed by atoms with E-state index >= 15 is 0 Å². The van der Waals surface area contributed by atoms with Crippen LogP contribution >= 0.6 is 11.3 Å². The van der Waals surface area contributed by atoms with Gasteiger partial charge in [-0.1, -0.05) is 6.07 Å². The van der Waals surface area contributed by atoms with Crippen molar-refractivity contribution in [2.24, 2.45) is 0 Å². The molecular weight excluding hydrogens is 363 g/mol. The fourth-order valence-corrected chi connectivity index (χ4v) is 5.26. The van der Waals surface area contributed by atoms with E-state index in [0.29, 0.717) is 13.2 Å². The standard InChI is InChI=1S/C17H21FN2O3S2/c1-13(19-25(21,22)15-6-4-14(18)5-7-15)17(16-3-2-12-24-16)20-8-10-23-11-9-20/h2-7,12-13,17,19H,8-11H2,1H3/t13-,17+/m0/s1. The van der Waals surface area contributed by atoms with Crippen LogP contribution < -0.4 is 4.72 Å². The van der Waals surface area contributed by atoms with E-state index in [-0.39, 0.29) is 17.0 Å². The third-order valence-corrected chi connectivity index (χ3v) is 6.73. The molecule has 1 aliphatic heterocycles. The van der Waals surface area contributed by atoms with Crippen molar-refractivity contribution >= 4 is 21.4 Å². The van der Waals surface area contributed by atoms with Gasteiger partial charge in [0, 0.05) is 24.0 Å². The molecule has 0 radical (unpaired) electrons. The Bertz CT molecular complexity index is 773. The van der Waals surface area contributed by atoms with Gasteiger partial charge in [-0.3, -0.25) is 4.90 Å². The molecule has 1 aliphatic rings. The first-order chi connectivity index (χ1) is 12.0. The molecule has 0 saturated carbocycles. The summed E-state index contributed by atoms with van der Waals surface area (Å²) in [6.07, 6.45) is 0. The molecule has 8 heteroatoms. The second kappa shape index (κ2) is 7.92. The van der Waals surface area contributed by atoms with Crippen molar-refractivity contribution in [3.8, 4) is 0 Å². The van der Waals surface area contributed by atoms with Gasteiger partial charge >= 0.3 is 0 Å². The molecule has 2 atom stereocenters. The van der Waals surface area contributed by atoms with Crippen LogP contribution in [0.5, 0.6) is 0 Å². The number of halogens is 1. The lowest BCUT2D eigenvalue weighted by Gasteiger charge is -2.37. The molecule has 1 saturated heterocycles. The third kappa shape index (κ3) is 4.45. The Morgan fingerprint density at radius 3 is 2.48 bits per heavy atom. The zero-order valence-corrected chi connectivity index (χ0v) is 15.5. The zero-order valence-electron chi connectivity index (χ0n) is 13.9. The normalized spacial score (nSPS) is 18.8. The van der Waals surface area contributed by atoms with Crippen LogP contribution in [0.4, 0.5) is 4.39 Å². The quantitative estimate of drug-likeness (QED) is 0.832. The first-order valence-corrected chi connectivity index (χ1v) is 10.5. The molecule has 1 N–H and O–H groups in total. The van der Waals surface area contributed by atoms with Gasteiger partial charge in [-0.05, 0) is 42.6 Å². The summed E-state index contributed by atoms with van der Waals surface area (Å²) >= 11 is 1.61. The first kappa shape index (κ1) is 18.5. The van der Waals surface area contributed by atoms with Crippen LogP contribution in [-0.4, -0.2) is 45.7 Å². The number of benzene rings is 1. The minimum Gasteiger partial charge on any atom is -0.379 e. The second-order valence-electron chi connectivity index (χ2n) is 5.97. The lowest BCUT2D eigenvalue weighted by atomic mass is 10.1. The van der Waals surface area contributed by atoms with Gasteiger partial charge < -0.3 is 4.74 Å². The van der Waals surface area contributed by atoms with Gasteiger partial charge in [0.05, 0.1) is 24.2 Å². The molecule has 0 spiro atoms. The van der Waals surface area contributed by atoms with E-state index in [4.69, 9.17) is 4.74 Å². The average molecular weight is 384 g/mol. The highest BCUT2D eigenvalue weighted by molar-refractivity contribution is 7.89. The molecule has 3 rings (SSSR count). The summed E-state index contributed by atoms with van der Waals surface area (Å²) in [6, 6.07) is 8.43. The van der Waals surface area contributed by atoms with Crippen molar-refractivity contribution in [1.82, 2.24) is 9.62 Å². The van der Waals surface area contributed by atoms with Crippen molar-refractivity contribution in [2.45, 2.75) is 23.9 Å². The first-order valence-electron chi connectivity index (χ1n) is 8.10. The summed E-state index contributed by atoms with van der Waals surface area (Å²) in [5.41, 5.74) is 0. The van der Waals surface area contributed by atoms with E-state index in [0.717, 1.165) is 30.1 Å². The summed E-state index contributed by atoms with van der Waals surface area (Å²) in [6.45, 7) is 4.65. The zero-order chi connectivity index (χ0) is 17.9. The molecule has 1 aromatic heterocycles. The van der Waals surface area contributed by atoms with Crippen LogP contribution in [0.25, 0.3) is 0 Å². The number of thiophene rings is 1. The van der Waals surface area contributed by atoms with Gasteiger partial charge in [0.15, 0.2) is 0 Å². The SMILES string of the molecule is C[C@H](NS(=O)(=O)c1ccc(F)cc1)[C@H](c1cccs1)N1CCOCC1. The highest BCUT2D eigenvalue weighted by atomic mass is 32.2. The Kier molecular flexibility index (Phi) is 5.85. The molecule has 136 valence electrons. The van der Waals surface area contributed by atoms with E-state index in [9.17, 15) is 12.8 Å². The third-order valence-electron chi connectivity index (χ3n) is 4.21. The number of morpholine rings is 1. The smallest absolute Gasteiger partial charge is 0.240 e. The molecule has 1 aromatic carbocycles. The van der Waals surface area contributed by atoms with Gasteiger partial charge in [0.2, 0.25) is 10.0 Å². The molecule has 0 amide bonds. The van der Waals surface area contributed by atoms with Gasteiger partial charge in [-0.2, -0.15) is 0 Å². The largest absolute Gasteiger partial charge is 0.379 e. The molecule has 2 aromatic rings. The number of hydrogen-bond acceptors (Lipinski definition) is 5. The maximum atomic E-state index is 13.1. The van der Waals surface area contributed by atoms with Crippen LogP contribution in [0.2, 0.25) is 0 Å². The number of ether oxygens (including phenoxy) is 1. The van der Waals surface area contributed by atoms with E-state index in [1.165, 1.54) is 12.1 Å².